The minimum absolute atomic E-state index is 0.0227. The molecule has 0 aliphatic carbocycles. The van der Waals surface area contributed by atoms with Crippen molar-refractivity contribution in [1.29, 1.82) is 0 Å². The molecule has 0 atom stereocenters. The first kappa shape index (κ1) is 26.1. The van der Waals surface area contributed by atoms with Gasteiger partial charge in [-0.2, -0.15) is 0 Å². The number of carbonyl (C=O) groups excluding carboxylic acids is 2. The SMILES string of the molecule is CC.CC.CC(C)(C)OC(=O)NCC(=O)N1CCCC1.O=CO. The minimum atomic E-state index is -0.542. The summed E-state index contributed by atoms with van der Waals surface area (Å²) < 4.78 is 5.03. The van der Waals surface area contributed by atoms with Gasteiger partial charge in [-0.3, -0.25) is 9.59 Å². The second-order valence-electron chi connectivity index (χ2n) is 5.05. The van der Waals surface area contributed by atoms with Crippen molar-refractivity contribution in [3.63, 3.8) is 0 Å². The molecule has 0 aromatic rings. The minimum Gasteiger partial charge on any atom is -0.483 e. The maximum absolute atomic E-state index is 11.6. The molecule has 0 saturated carbocycles. The van der Waals surface area contributed by atoms with Crippen LogP contribution in [0.2, 0.25) is 0 Å². The lowest BCUT2D eigenvalue weighted by molar-refractivity contribution is -0.129. The molecule has 0 radical (unpaired) electrons. The standard InChI is InChI=1S/C11H20N2O3.2C2H6.CH2O2/c1-11(2,3)16-10(15)12-8-9(14)13-6-4-5-7-13;2*1-2;2-1-3/h4-8H2,1-3H3,(H,12,15);2*1-2H3;1H,(H,2,3). The van der Waals surface area contributed by atoms with Crippen molar-refractivity contribution in [3.05, 3.63) is 0 Å². The number of rotatable bonds is 2. The number of carbonyl (C=O) groups is 3. The molecule has 0 aromatic heterocycles. The van der Waals surface area contributed by atoms with Gasteiger partial charge in [0.25, 0.3) is 6.47 Å². The fourth-order valence-corrected chi connectivity index (χ4v) is 1.54. The summed E-state index contributed by atoms with van der Waals surface area (Å²) >= 11 is 0. The quantitative estimate of drug-likeness (QED) is 0.757. The molecular formula is C16H34N2O5. The molecule has 0 aromatic carbocycles. The highest BCUT2D eigenvalue weighted by Crippen LogP contribution is 2.08. The average molecular weight is 334 g/mol. The number of nitrogens with one attached hydrogen (secondary N) is 1. The highest BCUT2D eigenvalue weighted by atomic mass is 16.6. The van der Waals surface area contributed by atoms with Crippen molar-refractivity contribution in [2.45, 2.75) is 66.9 Å². The molecule has 1 aliphatic rings. The van der Waals surface area contributed by atoms with Crippen LogP contribution in [0, 0.1) is 0 Å². The normalized spacial score (nSPS) is 12.2. The van der Waals surface area contributed by atoms with Crippen molar-refractivity contribution in [2.75, 3.05) is 19.6 Å². The van der Waals surface area contributed by atoms with E-state index in [1.165, 1.54) is 0 Å². The van der Waals surface area contributed by atoms with Crippen LogP contribution >= 0.6 is 0 Å². The van der Waals surface area contributed by atoms with E-state index in [1.54, 1.807) is 25.7 Å². The predicted octanol–water partition coefficient (Wildman–Crippen LogP) is 2.89. The van der Waals surface area contributed by atoms with Gasteiger partial charge >= 0.3 is 6.09 Å². The van der Waals surface area contributed by atoms with Crippen LogP contribution in [-0.4, -0.2) is 53.7 Å². The number of hydrogen-bond donors (Lipinski definition) is 2. The molecule has 7 nitrogen and oxygen atoms in total. The third-order valence-corrected chi connectivity index (χ3v) is 2.24. The summed E-state index contributed by atoms with van der Waals surface area (Å²) in [6, 6.07) is 0. The van der Waals surface area contributed by atoms with Gasteiger partial charge in [-0.15, -0.1) is 0 Å². The fourth-order valence-electron chi connectivity index (χ4n) is 1.54. The van der Waals surface area contributed by atoms with Crippen LogP contribution < -0.4 is 5.32 Å². The van der Waals surface area contributed by atoms with E-state index in [2.05, 4.69) is 5.32 Å². The number of ether oxygens (including phenoxy) is 1. The van der Waals surface area contributed by atoms with Gasteiger partial charge in [-0.05, 0) is 33.6 Å². The Morgan fingerprint density at radius 1 is 1.13 bits per heavy atom. The van der Waals surface area contributed by atoms with Gasteiger partial charge in [0, 0.05) is 13.1 Å². The van der Waals surface area contributed by atoms with Crippen LogP contribution in [0.5, 0.6) is 0 Å². The van der Waals surface area contributed by atoms with Crippen LogP contribution in [0.3, 0.4) is 0 Å². The molecule has 23 heavy (non-hydrogen) atoms. The van der Waals surface area contributed by atoms with Crippen LogP contribution in [0.15, 0.2) is 0 Å². The smallest absolute Gasteiger partial charge is 0.408 e. The molecule has 2 N–H and O–H groups in total. The van der Waals surface area contributed by atoms with Crippen molar-refractivity contribution in [1.82, 2.24) is 10.2 Å². The molecule has 0 bridgehead atoms. The van der Waals surface area contributed by atoms with Gasteiger partial charge < -0.3 is 20.1 Å². The first-order valence-electron chi connectivity index (χ1n) is 8.12. The predicted molar refractivity (Wildman–Crippen MR) is 91.4 cm³/mol. The van der Waals surface area contributed by atoms with E-state index in [4.69, 9.17) is 14.6 Å². The molecule has 0 spiro atoms. The van der Waals surface area contributed by atoms with E-state index in [-0.39, 0.29) is 18.9 Å². The topological polar surface area (TPSA) is 95.9 Å². The third-order valence-electron chi connectivity index (χ3n) is 2.24. The Balaban J connectivity index is -0.000000496. The lowest BCUT2D eigenvalue weighted by atomic mass is 10.2. The summed E-state index contributed by atoms with van der Waals surface area (Å²) in [7, 11) is 0. The fraction of sp³-hybridized carbons (Fsp3) is 0.812. The molecule has 0 unspecified atom stereocenters. The Hall–Kier alpha value is -1.79. The number of carboxylic acid groups (broad SMARTS) is 1. The summed E-state index contributed by atoms with van der Waals surface area (Å²) in [5.74, 6) is -0.0386. The van der Waals surface area contributed by atoms with E-state index in [1.807, 2.05) is 27.7 Å². The Morgan fingerprint density at radius 2 is 1.52 bits per heavy atom. The van der Waals surface area contributed by atoms with Crippen LogP contribution in [0.1, 0.15) is 61.3 Å². The maximum Gasteiger partial charge on any atom is 0.408 e. The second-order valence-corrected chi connectivity index (χ2v) is 5.05. The van der Waals surface area contributed by atoms with Crippen molar-refractivity contribution in [2.24, 2.45) is 0 Å². The van der Waals surface area contributed by atoms with Crippen molar-refractivity contribution < 1.29 is 24.2 Å². The molecule has 138 valence electrons. The highest BCUT2D eigenvalue weighted by Gasteiger charge is 2.20. The zero-order valence-electron chi connectivity index (χ0n) is 15.6. The Labute approximate surface area is 140 Å². The third kappa shape index (κ3) is 18.2. The number of alkyl carbamates (subject to hydrolysis) is 1. The van der Waals surface area contributed by atoms with Crippen molar-refractivity contribution in [3.8, 4) is 0 Å². The first-order valence-corrected chi connectivity index (χ1v) is 8.12. The number of hydrogen-bond acceptors (Lipinski definition) is 4. The molecule has 2 amide bonds. The summed E-state index contributed by atoms with van der Waals surface area (Å²) in [6.45, 7) is 14.7. The number of likely N-dealkylation sites (tertiary alicyclic amines) is 1. The number of amides is 2. The summed E-state index contributed by atoms with van der Waals surface area (Å²) in [5.41, 5.74) is -0.527. The molecule has 1 fully saturated rings. The maximum atomic E-state index is 11.6. The Bertz CT molecular complexity index is 308. The summed E-state index contributed by atoms with van der Waals surface area (Å²) in [6.07, 6.45) is 1.57. The first-order chi connectivity index (χ1) is 10.8. The highest BCUT2D eigenvalue weighted by molar-refractivity contribution is 5.82. The zero-order chi connectivity index (χ0) is 18.9. The van der Waals surface area contributed by atoms with Gasteiger partial charge in [0.2, 0.25) is 5.91 Å². The zero-order valence-corrected chi connectivity index (χ0v) is 15.6. The van der Waals surface area contributed by atoms with Crippen LogP contribution in [0.4, 0.5) is 4.79 Å². The molecule has 1 heterocycles. The van der Waals surface area contributed by atoms with Crippen LogP contribution in [-0.2, 0) is 14.3 Å². The van der Waals surface area contributed by atoms with Gasteiger partial charge in [0.15, 0.2) is 0 Å². The van der Waals surface area contributed by atoms with Gasteiger partial charge in [-0.1, -0.05) is 27.7 Å². The van der Waals surface area contributed by atoms with E-state index < -0.39 is 11.7 Å². The van der Waals surface area contributed by atoms with Gasteiger partial charge in [-0.25, -0.2) is 4.79 Å². The average Bonchev–Trinajstić information content (AvgIpc) is 3.02. The van der Waals surface area contributed by atoms with E-state index in [9.17, 15) is 9.59 Å². The van der Waals surface area contributed by atoms with Crippen LogP contribution in [0.25, 0.3) is 0 Å². The molecule has 1 rings (SSSR count). The lowest BCUT2D eigenvalue weighted by Gasteiger charge is -2.20. The van der Waals surface area contributed by atoms with Gasteiger partial charge in [0.1, 0.15) is 12.1 Å². The summed E-state index contributed by atoms with van der Waals surface area (Å²) in [4.78, 5) is 33.0. The lowest BCUT2D eigenvalue weighted by Crippen LogP contribution is -2.40. The van der Waals surface area contributed by atoms with E-state index in [0.717, 1.165) is 25.9 Å². The number of nitrogens with zero attached hydrogens (tertiary/aromatic N) is 1. The second kappa shape index (κ2) is 16.6. The summed E-state index contributed by atoms with van der Waals surface area (Å²) in [5, 5.41) is 9.35. The largest absolute Gasteiger partial charge is 0.483 e. The Kier molecular flexibility index (Phi) is 18.8. The van der Waals surface area contributed by atoms with E-state index in [0.29, 0.717) is 0 Å². The molecular weight excluding hydrogens is 300 g/mol. The monoisotopic (exact) mass is 334 g/mol. The molecule has 1 saturated heterocycles. The van der Waals surface area contributed by atoms with E-state index >= 15 is 0 Å². The van der Waals surface area contributed by atoms with Gasteiger partial charge in [0.05, 0.1) is 0 Å². The molecule has 1 aliphatic heterocycles. The molecule has 7 heteroatoms. The van der Waals surface area contributed by atoms with Crippen molar-refractivity contribution >= 4 is 18.5 Å². The Morgan fingerprint density at radius 3 is 1.87 bits per heavy atom.